The minimum absolute atomic E-state index is 0.753. The second-order valence-electron chi connectivity index (χ2n) is 5.23. The molecular formula is C19H22OS. The first-order valence-corrected chi connectivity index (χ1v) is 8.01. The van der Waals surface area contributed by atoms with Crippen LogP contribution in [-0.4, -0.2) is 6.61 Å². The Morgan fingerprint density at radius 2 is 1.76 bits per heavy atom. The summed E-state index contributed by atoms with van der Waals surface area (Å²) < 4.78 is 5.67. The molecule has 0 aliphatic heterocycles. The third-order valence-corrected chi connectivity index (χ3v) is 4.12. The predicted molar refractivity (Wildman–Crippen MR) is 92.6 cm³/mol. The van der Waals surface area contributed by atoms with E-state index < -0.39 is 0 Å². The maximum absolute atomic E-state index is 5.67. The lowest BCUT2D eigenvalue weighted by Gasteiger charge is -2.07. The molecule has 0 saturated carbocycles. The first kappa shape index (κ1) is 15.9. The van der Waals surface area contributed by atoms with Gasteiger partial charge in [-0.3, -0.25) is 0 Å². The van der Waals surface area contributed by atoms with E-state index >= 15 is 0 Å². The first-order valence-electron chi connectivity index (χ1n) is 7.27. The van der Waals surface area contributed by atoms with Crippen LogP contribution < -0.4 is 0 Å². The zero-order valence-electron chi connectivity index (χ0n) is 12.8. The van der Waals surface area contributed by atoms with E-state index in [-0.39, 0.29) is 0 Å². The second-order valence-corrected chi connectivity index (χ2v) is 6.10. The van der Waals surface area contributed by atoms with Crippen LogP contribution in [0.4, 0.5) is 0 Å². The van der Waals surface area contributed by atoms with Crippen molar-refractivity contribution in [2.75, 3.05) is 6.61 Å². The van der Waals surface area contributed by atoms with Crippen LogP contribution in [0.25, 0.3) is 6.08 Å². The van der Waals surface area contributed by atoms with E-state index in [1.807, 2.05) is 6.08 Å². The Hall–Kier alpha value is -1.51. The molecule has 0 aliphatic carbocycles. The molecular weight excluding hydrogens is 276 g/mol. The van der Waals surface area contributed by atoms with Gasteiger partial charge in [0.05, 0.1) is 6.61 Å². The summed E-state index contributed by atoms with van der Waals surface area (Å²) in [4.78, 5) is 1.16. The molecule has 0 aromatic heterocycles. The van der Waals surface area contributed by atoms with Crippen molar-refractivity contribution in [3.63, 3.8) is 0 Å². The molecule has 0 fully saturated rings. The largest absolute Gasteiger partial charge is 0.310 e. The number of aryl methyl sites for hydroxylation is 3. The van der Waals surface area contributed by atoms with Crippen LogP contribution in [0.2, 0.25) is 0 Å². The van der Waals surface area contributed by atoms with E-state index in [2.05, 4.69) is 62.9 Å². The minimum atomic E-state index is 0.753. The fourth-order valence-corrected chi connectivity index (χ4v) is 2.74. The van der Waals surface area contributed by atoms with Gasteiger partial charge in [0.25, 0.3) is 0 Å². The van der Waals surface area contributed by atoms with Gasteiger partial charge < -0.3 is 4.18 Å². The van der Waals surface area contributed by atoms with E-state index in [9.17, 15) is 0 Å². The summed E-state index contributed by atoms with van der Waals surface area (Å²) in [6.07, 6.45) is 3.98. The minimum Gasteiger partial charge on any atom is -0.310 e. The van der Waals surface area contributed by atoms with E-state index in [0.717, 1.165) is 24.3 Å². The third kappa shape index (κ3) is 5.07. The Morgan fingerprint density at radius 1 is 1.05 bits per heavy atom. The van der Waals surface area contributed by atoms with Crippen LogP contribution >= 0.6 is 12.0 Å². The lowest BCUT2D eigenvalue weighted by molar-refractivity contribution is 0.365. The highest BCUT2D eigenvalue weighted by Gasteiger charge is 2.01. The number of hydrogen-bond acceptors (Lipinski definition) is 2. The van der Waals surface area contributed by atoms with Gasteiger partial charge in [-0.25, -0.2) is 0 Å². The lowest BCUT2D eigenvalue weighted by atomic mass is 10.0. The molecule has 0 bridgehead atoms. The van der Waals surface area contributed by atoms with Crippen molar-refractivity contribution in [1.29, 1.82) is 0 Å². The average molecular weight is 298 g/mol. The van der Waals surface area contributed by atoms with E-state index in [1.54, 1.807) is 0 Å². The third-order valence-electron chi connectivity index (χ3n) is 3.37. The molecule has 0 spiro atoms. The van der Waals surface area contributed by atoms with Crippen LogP contribution in [-0.2, 0) is 10.6 Å². The Balaban J connectivity index is 1.75. The fraction of sp³-hybridized carbons (Fsp3) is 0.263. The zero-order valence-corrected chi connectivity index (χ0v) is 13.6. The highest BCUT2D eigenvalue weighted by Crippen LogP contribution is 2.20. The lowest BCUT2D eigenvalue weighted by Crippen LogP contribution is -1.95. The van der Waals surface area contributed by atoms with Crippen molar-refractivity contribution < 1.29 is 4.18 Å². The summed E-state index contributed by atoms with van der Waals surface area (Å²) in [5.74, 6) is 0. The molecule has 0 N–H and O–H groups in total. The molecule has 110 valence electrons. The van der Waals surface area contributed by atoms with Crippen molar-refractivity contribution in [2.45, 2.75) is 31.6 Å². The molecule has 0 unspecified atom stereocenters. The van der Waals surface area contributed by atoms with E-state index in [1.165, 1.54) is 34.3 Å². The first-order chi connectivity index (χ1) is 10.2. The molecule has 2 aromatic rings. The molecule has 0 aliphatic rings. The average Bonchev–Trinajstić information content (AvgIpc) is 2.50. The Bertz CT molecular complexity index is 587. The number of hydrogen-bond donors (Lipinski definition) is 0. The summed E-state index contributed by atoms with van der Waals surface area (Å²) >= 11 is 1.46. The quantitative estimate of drug-likeness (QED) is 0.486. The van der Waals surface area contributed by atoms with Gasteiger partial charge in [-0.1, -0.05) is 54.1 Å². The van der Waals surface area contributed by atoms with Crippen molar-refractivity contribution in [2.24, 2.45) is 0 Å². The SMILES string of the molecule is C=Cc1cc(C)ccc1CCCOSc1ccc(C)cc1. The van der Waals surface area contributed by atoms with Crippen molar-refractivity contribution in [3.8, 4) is 0 Å². The van der Waals surface area contributed by atoms with Gasteiger partial charge in [0, 0.05) is 16.9 Å². The highest BCUT2D eigenvalue weighted by atomic mass is 32.2. The van der Waals surface area contributed by atoms with Gasteiger partial charge in [0.2, 0.25) is 0 Å². The van der Waals surface area contributed by atoms with Gasteiger partial charge in [-0.05, 0) is 49.9 Å². The van der Waals surface area contributed by atoms with Crippen LogP contribution in [0.1, 0.15) is 28.7 Å². The molecule has 0 radical (unpaired) electrons. The summed E-state index contributed by atoms with van der Waals surface area (Å²) in [6, 6.07) is 14.9. The van der Waals surface area contributed by atoms with Gasteiger partial charge in [-0.15, -0.1) is 0 Å². The Labute approximate surface area is 132 Å². The standard InChI is InChI=1S/C19H22OS/c1-4-17-14-16(3)7-10-18(17)6-5-13-20-21-19-11-8-15(2)9-12-19/h4,7-12,14H,1,5-6,13H2,2-3H3. The Morgan fingerprint density at radius 3 is 2.48 bits per heavy atom. The summed E-state index contributed by atoms with van der Waals surface area (Å²) in [5.41, 5.74) is 5.14. The normalized spacial score (nSPS) is 10.6. The monoisotopic (exact) mass is 298 g/mol. The fourth-order valence-electron chi connectivity index (χ4n) is 2.16. The van der Waals surface area contributed by atoms with Crippen LogP contribution in [0, 0.1) is 13.8 Å². The molecule has 0 atom stereocenters. The van der Waals surface area contributed by atoms with Gasteiger partial charge >= 0.3 is 0 Å². The molecule has 2 heteroatoms. The molecule has 2 aromatic carbocycles. The van der Waals surface area contributed by atoms with E-state index in [0.29, 0.717) is 0 Å². The molecule has 0 amide bonds. The molecule has 21 heavy (non-hydrogen) atoms. The predicted octanol–water partition coefficient (Wildman–Crippen LogP) is 5.60. The topological polar surface area (TPSA) is 9.23 Å². The smallest absolute Gasteiger partial charge is 0.0621 e. The summed E-state index contributed by atoms with van der Waals surface area (Å²) in [7, 11) is 0. The maximum atomic E-state index is 5.67. The summed E-state index contributed by atoms with van der Waals surface area (Å²) in [6.45, 7) is 8.84. The molecule has 2 rings (SSSR count). The number of rotatable bonds is 7. The van der Waals surface area contributed by atoms with Crippen molar-refractivity contribution in [1.82, 2.24) is 0 Å². The molecule has 0 saturated heterocycles. The Kier molecular flexibility index (Phi) is 6.09. The van der Waals surface area contributed by atoms with Gasteiger partial charge in [0.15, 0.2) is 0 Å². The zero-order chi connectivity index (χ0) is 15.1. The maximum Gasteiger partial charge on any atom is 0.0621 e. The van der Waals surface area contributed by atoms with Crippen LogP contribution in [0.3, 0.4) is 0 Å². The highest BCUT2D eigenvalue weighted by molar-refractivity contribution is 7.94. The van der Waals surface area contributed by atoms with Gasteiger partial charge in [-0.2, -0.15) is 0 Å². The summed E-state index contributed by atoms with van der Waals surface area (Å²) in [5, 5.41) is 0. The van der Waals surface area contributed by atoms with E-state index in [4.69, 9.17) is 4.18 Å². The van der Waals surface area contributed by atoms with Crippen molar-refractivity contribution >= 4 is 18.1 Å². The second kappa shape index (κ2) is 8.06. The number of benzene rings is 2. The molecule has 1 nitrogen and oxygen atoms in total. The van der Waals surface area contributed by atoms with Crippen LogP contribution in [0.5, 0.6) is 0 Å². The van der Waals surface area contributed by atoms with Crippen molar-refractivity contribution in [3.05, 3.63) is 71.3 Å². The van der Waals surface area contributed by atoms with Crippen LogP contribution in [0.15, 0.2) is 53.9 Å². The molecule has 0 heterocycles. The van der Waals surface area contributed by atoms with Gasteiger partial charge in [0.1, 0.15) is 0 Å².